The molecule has 0 amide bonds. The lowest BCUT2D eigenvalue weighted by Crippen LogP contribution is -2.01. The molecule has 0 fully saturated rings. The van der Waals surface area contributed by atoms with Crippen molar-refractivity contribution < 1.29 is 4.74 Å². The van der Waals surface area contributed by atoms with E-state index in [0.717, 1.165) is 33.8 Å². The van der Waals surface area contributed by atoms with Crippen LogP contribution in [-0.4, -0.2) is 17.1 Å². The summed E-state index contributed by atoms with van der Waals surface area (Å²) in [7, 11) is 1.70. The normalized spacial score (nSPS) is 10.7. The smallest absolute Gasteiger partial charge is 0.124 e. The number of methoxy groups -OCH3 is 1. The van der Waals surface area contributed by atoms with Crippen LogP contribution in [0.2, 0.25) is 0 Å². The average molecular weight is 245 g/mol. The van der Waals surface area contributed by atoms with Crippen molar-refractivity contribution >= 4 is 0 Å². The molecule has 0 radical (unpaired) electrons. The molecular formula is C14H19N3O. The van der Waals surface area contributed by atoms with Gasteiger partial charge in [-0.3, -0.25) is 0 Å². The summed E-state index contributed by atoms with van der Waals surface area (Å²) < 4.78 is 5.43. The van der Waals surface area contributed by atoms with Crippen LogP contribution < -0.4 is 10.5 Å². The monoisotopic (exact) mass is 245 g/mol. The number of hydrogen-bond donors (Lipinski definition) is 2. The molecule has 3 N–H and O–H groups in total. The molecule has 0 spiro atoms. The number of benzene rings is 1. The molecule has 0 aliphatic carbocycles. The molecule has 2 aromatic rings. The van der Waals surface area contributed by atoms with Crippen molar-refractivity contribution in [3.05, 3.63) is 34.8 Å². The van der Waals surface area contributed by atoms with Crippen LogP contribution in [0.25, 0.3) is 11.3 Å². The average Bonchev–Trinajstić information content (AvgIpc) is 2.82. The summed E-state index contributed by atoms with van der Waals surface area (Å²) in [6, 6.07) is 2.11. The fraction of sp³-hybridized carbons (Fsp3) is 0.357. The Morgan fingerprint density at radius 2 is 2.00 bits per heavy atom. The maximum Gasteiger partial charge on any atom is 0.124 e. The number of aryl methyl sites for hydroxylation is 1. The molecule has 18 heavy (non-hydrogen) atoms. The molecule has 0 bridgehead atoms. The number of imidazole rings is 1. The van der Waals surface area contributed by atoms with E-state index in [9.17, 15) is 0 Å². The van der Waals surface area contributed by atoms with Crippen molar-refractivity contribution in [1.82, 2.24) is 9.97 Å². The summed E-state index contributed by atoms with van der Waals surface area (Å²) in [5, 5.41) is 0. The van der Waals surface area contributed by atoms with E-state index in [1.165, 1.54) is 5.56 Å². The first-order valence-corrected chi connectivity index (χ1v) is 5.97. The third-order valence-electron chi connectivity index (χ3n) is 3.41. The van der Waals surface area contributed by atoms with Gasteiger partial charge >= 0.3 is 0 Å². The van der Waals surface area contributed by atoms with E-state index < -0.39 is 0 Å². The Kier molecular flexibility index (Phi) is 3.39. The molecular weight excluding hydrogens is 226 g/mol. The molecule has 0 saturated carbocycles. The van der Waals surface area contributed by atoms with E-state index >= 15 is 0 Å². The van der Waals surface area contributed by atoms with Crippen LogP contribution in [0.3, 0.4) is 0 Å². The largest absolute Gasteiger partial charge is 0.496 e. The predicted octanol–water partition coefficient (Wildman–Crippen LogP) is 2.47. The van der Waals surface area contributed by atoms with Crippen molar-refractivity contribution in [3.8, 4) is 17.0 Å². The molecule has 1 heterocycles. The van der Waals surface area contributed by atoms with E-state index in [-0.39, 0.29) is 0 Å². The number of hydrogen-bond acceptors (Lipinski definition) is 3. The van der Waals surface area contributed by atoms with Crippen molar-refractivity contribution in [3.63, 3.8) is 0 Å². The molecule has 2 rings (SSSR count). The van der Waals surface area contributed by atoms with Gasteiger partial charge in [0, 0.05) is 12.1 Å². The highest BCUT2D eigenvalue weighted by molar-refractivity contribution is 5.70. The minimum atomic E-state index is 0.457. The number of nitrogens with zero attached hydrogens (tertiary/aromatic N) is 1. The minimum absolute atomic E-state index is 0.457. The molecule has 0 saturated heterocycles. The van der Waals surface area contributed by atoms with Crippen LogP contribution in [0.1, 0.15) is 22.4 Å². The Hall–Kier alpha value is -1.81. The van der Waals surface area contributed by atoms with Crippen LogP contribution in [0.5, 0.6) is 5.75 Å². The van der Waals surface area contributed by atoms with E-state index in [0.29, 0.717) is 6.54 Å². The molecule has 96 valence electrons. The Labute approximate surface area is 107 Å². The first-order valence-electron chi connectivity index (χ1n) is 5.97. The van der Waals surface area contributed by atoms with Crippen LogP contribution in [0, 0.1) is 20.8 Å². The van der Waals surface area contributed by atoms with Gasteiger partial charge in [-0.25, -0.2) is 4.98 Å². The van der Waals surface area contributed by atoms with Crippen LogP contribution >= 0.6 is 0 Å². The molecule has 0 aliphatic heterocycles. The van der Waals surface area contributed by atoms with E-state index in [2.05, 4.69) is 29.9 Å². The second-order valence-corrected chi connectivity index (χ2v) is 4.46. The molecule has 0 unspecified atom stereocenters. The third-order valence-corrected chi connectivity index (χ3v) is 3.41. The van der Waals surface area contributed by atoms with Gasteiger partial charge in [0.25, 0.3) is 0 Å². The van der Waals surface area contributed by atoms with Crippen LogP contribution in [-0.2, 0) is 6.54 Å². The number of ether oxygens (including phenoxy) is 1. The van der Waals surface area contributed by atoms with Gasteiger partial charge in [0.15, 0.2) is 0 Å². The number of aromatic amines is 1. The highest BCUT2D eigenvalue weighted by Crippen LogP contribution is 2.34. The van der Waals surface area contributed by atoms with E-state index in [1.54, 1.807) is 13.4 Å². The zero-order valence-electron chi connectivity index (χ0n) is 11.3. The van der Waals surface area contributed by atoms with Crippen molar-refractivity contribution in [2.45, 2.75) is 27.3 Å². The zero-order chi connectivity index (χ0) is 13.3. The SMILES string of the molecule is COc1c(C)cc(-c2nc[nH]c2CN)c(C)c1C. The minimum Gasteiger partial charge on any atom is -0.496 e. The molecule has 4 nitrogen and oxygen atoms in total. The Bertz CT molecular complexity index is 573. The summed E-state index contributed by atoms with van der Waals surface area (Å²) in [5.41, 5.74) is 12.2. The summed E-state index contributed by atoms with van der Waals surface area (Å²) in [6.07, 6.45) is 1.69. The van der Waals surface area contributed by atoms with Gasteiger partial charge in [-0.2, -0.15) is 0 Å². The number of nitrogens with one attached hydrogen (secondary N) is 1. The van der Waals surface area contributed by atoms with Gasteiger partial charge in [-0.15, -0.1) is 0 Å². The zero-order valence-corrected chi connectivity index (χ0v) is 11.3. The van der Waals surface area contributed by atoms with Crippen molar-refractivity contribution in [2.24, 2.45) is 5.73 Å². The van der Waals surface area contributed by atoms with Gasteiger partial charge in [-0.05, 0) is 43.5 Å². The summed E-state index contributed by atoms with van der Waals surface area (Å²) >= 11 is 0. The predicted molar refractivity (Wildman–Crippen MR) is 72.7 cm³/mol. The van der Waals surface area contributed by atoms with Crippen LogP contribution in [0.15, 0.2) is 12.4 Å². The maximum atomic E-state index is 5.72. The number of H-pyrrole nitrogens is 1. The Morgan fingerprint density at radius 1 is 1.28 bits per heavy atom. The van der Waals surface area contributed by atoms with Gasteiger partial charge in [0.2, 0.25) is 0 Å². The second-order valence-electron chi connectivity index (χ2n) is 4.46. The van der Waals surface area contributed by atoms with Gasteiger partial charge in [0.1, 0.15) is 5.75 Å². The van der Waals surface area contributed by atoms with Gasteiger partial charge in [-0.1, -0.05) is 0 Å². The summed E-state index contributed by atoms with van der Waals surface area (Å²) in [5.74, 6) is 0.945. The van der Waals surface area contributed by atoms with Crippen LogP contribution in [0.4, 0.5) is 0 Å². The number of rotatable bonds is 3. The topological polar surface area (TPSA) is 63.9 Å². The molecule has 1 aromatic carbocycles. The lowest BCUT2D eigenvalue weighted by molar-refractivity contribution is 0.408. The Morgan fingerprint density at radius 3 is 2.61 bits per heavy atom. The first kappa shape index (κ1) is 12.6. The molecule has 0 atom stereocenters. The summed E-state index contributed by atoms with van der Waals surface area (Å²) in [6.45, 7) is 6.66. The molecule has 1 aromatic heterocycles. The van der Waals surface area contributed by atoms with E-state index in [4.69, 9.17) is 10.5 Å². The molecule has 0 aliphatic rings. The summed E-state index contributed by atoms with van der Waals surface area (Å²) in [4.78, 5) is 7.46. The van der Waals surface area contributed by atoms with Gasteiger partial charge < -0.3 is 15.5 Å². The maximum absolute atomic E-state index is 5.72. The third kappa shape index (κ3) is 1.88. The lowest BCUT2D eigenvalue weighted by atomic mass is 9.96. The first-order chi connectivity index (χ1) is 8.60. The standard InChI is InChI=1S/C14H19N3O/c1-8-5-11(9(2)10(3)14(8)18-4)13-12(6-15)16-7-17-13/h5,7H,6,15H2,1-4H3,(H,16,17). The van der Waals surface area contributed by atoms with Crippen molar-refractivity contribution in [1.29, 1.82) is 0 Å². The second kappa shape index (κ2) is 4.82. The van der Waals surface area contributed by atoms with Crippen molar-refractivity contribution in [2.75, 3.05) is 7.11 Å². The number of nitrogens with two attached hydrogens (primary N) is 1. The lowest BCUT2D eigenvalue weighted by Gasteiger charge is -2.15. The van der Waals surface area contributed by atoms with Gasteiger partial charge in [0.05, 0.1) is 24.8 Å². The quantitative estimate of drug-likeness (QED) is 0.873. The highest BCUT2D eigenvalue weighted by atomic mass is 16.5. The molecule has 4 heteroatoms. The van der Waals surface area contributed by atoms with E-state index in [1.807, 2.05) is 6.92 Å². The fourth-order valence-corrected chi connectivity index (χ4v) is 2.33. The fourth-order valence-electron chi connectivity index (χ4n) is 2.33. The Balaban J connectivity index is 2.66. The number of aromatic nitrogens is 2. The highest BCUT2D eigenvalue weighted by Gasteiger charge is 2.15.